The van der Waals surface area contributed by atoms with Crippen LogP contribution in [0.2, 0.25) is 0 Å². The van der Waals surface area contributed by atoms with E-state index in [0.717, 1.165) is 32.4 Å². The lowest BCUT2D eigenvalue weighted by Crippen LogP contribution is -2.13. The van der Waals surface area contributed by atoms with Crippen LogP contribution in [0.15, 0.2) is 0 Å². The molecule has 7 heteroatoms. The molecule has 0 aromatic heterocycles. The number of thiol groups is 2. The summed E-state index contributed by atoms with van der Waals surface area (Å²) in [4.78, 5) is 0. The molecule has 0 rings (SSSR count). The first-order valence-electron chi connectivity index (χ1n) is 5.34. The van der Waals surface area contributed by atoms with Crippen molar-refractivity contribution in [2.24, 2.45) is 0 Å². The van der Waals surface area contributed by atoms with Crippen LogP contribution in [0.3, 0.4) is 0 Å². The van der Waals surface area contributed by atoms with Crippen LogP contribution >= 0.6 is 25.6 Å². The summed E-state index contributed by atoms with van der Waals surface area (Å²) in [5.74, 6) is 0. The van der Waals surface area contributed by atoms with Crippen LogP contribution in [0, 0.1) is 0 Å². The number of rotatable bonds is 13. The van der Waals surface area contributed by atoms with E-state index in [4.69, 9.17) is 6.98 Å². The normalized spacial score (nSPS) is 12.6. The van der Waals surface area contributed by atoms with Crippen LogP contribution in [-0.4, -0.2) is 28.6 Å². The van der Waals surface area contributed by atoms with Crippen LogP contribution in [0.4, 0.5) is 0 Å². The van der Waals surface area contributed by atoms with E-state index >= 15 is 0 Å². The van der Waals surface area contributed by atoms with Gasteiger partial charge in [-0.3, -0.25) is 0 Å². The summed E-state index contributed by atoms with van der Waals surface area (Å²) in [7, 11) is 0. The fraction of sp³-hybridized carbons (Fsp3) is 1.00. The number of hydrogen-bond acceptors (Lipinski definition) is 7. The molecule has 0 aliphatic carbocycles. The predicted octanol–water partition coefficient (Wildman–Crippen LogP) is 0.905. The number of unbranched alkanes of at least 4 members (excludes halogenated alkanes) is 1. The van der Waals surface area contributed by atoms with E-state index in [0.29, 0.717) is 38.8 Å². The molecule has 0 radical (unpaired) electrons. The first-order chi connectivity index (χ1) is 7.91. The summed E-state index contributed by atoms with van der Waals surface area (Å²) in [6, 6.07) is 0. The fourth-order valence-corrected chi connectivity index (χ4v) is 1.000. The maximum atomic E-state index is 6.62. The third-order valence-corrected chi connectivity index (χ3v) is 1.74. The quantitative estimate of drug-likeness (QED) is 0.168. The molecule has 0 aromatic rings. The molecule has 86 valence electrons. The zero-order valence-electron chi connectivity index (χ0n) is 9.99. The lowest BCUT2D eigenvalue weighted by atomic mass is 10.3. The Kier molecular flexibility index (Phi) is 10.6. The Bertz CT molecular complexity index is 126. The number of hydroxylamine groups is 2. The van der Waals surface area contributed by atoms with Crippen molar-refractivity contribution in [1.82, 2.24) is 11.0 Å². The molecule has 0 unspecified atom stereocenters. The maximum absolute atomic E-state index is 6.62. The van der Waals surface area contributed by atoms with Crippen LogP contribution in [-0.2, 0) is 13.3 Å². The monoisotopic (exact) mass is 246 g/mol. The van der Waals surface area contributed by atoms with E-state index in [-0.39, 0.29) is 0 Å². The molecule has 0 spiro atoms. The van der Waals surface area contributed by atoms with Crippen molar-refractivity contribution in [3.05, 3.63) is 0 Å². The van der Waals surface area contributed by atoms with Gasteiger partial charge in [-0.25, -0.2) is 8.57 Å². The minimum Gasteiger partial charge on any atom is -0.381 e. The zero-order valence-corrected chi connectivity index (χ0v) is 9.62. The van der Waals surface area contributed by atoms with Crippen LogP contribution in [0.5, 0.6) is 0 Å². The van der Waals surface area contributed by atoms with Crippen molar-refractivity contribution in [2.45, 2.75) is 19.3 Å². The van der Waals surface area contributed by atoms with Gasteiger partial charge in [-0.1, -0.05) is 0 Å². The summed E-state index contributed by atoms with van der Waals surface area (Å²) < 4.78 is 27.7. The van der Waals surface area contributed by atoms with Crippen molar-refractivity contribution in [3.63, 3.8) is 0 Å². The van der Waals surface area contributed by atoms with Gasteiger partial charge in [0.15, 0.2) is 0 Å². The Morgan fingerprint density at radius 3 is 2.29 bits per heavy atom. The van der Waals surface area contributed by atoms with E-state index in [1.54, 1.807) is 0 Å². The summed E-state index contributed by atoms with van der Waals surface area (Å²) in [6.07, 6.45) is 2.78. The summed E-state index contributed by atoms with van der Waals surface area (Å²) in [5.41, 5.74) is 5.24. The van der Waals surface area contributed by atoms with Gasteiger partial charge in [0, 0.05) is 26.3 Å². The van der Waals surface area contributed by atoms with Crippen molar-refractivity contribution >= 4 is 25.6 Å². The third-order valence-electron chi connectivity index (χ3n) is 1.50. The van der Waals surface area contributed by atoms with Gasteiger partial charge in [-0.15, -0.1) is 0 Å². The van der Waals surface area contributed by atoms with Crippen molar-refractivity contribution in [1.29, 1.82) is 2.25 Å². The Hall–Kier alpha value is 0.500. The summed E-state index contributed by atoms with van der Waals surface area (Å²) in [6.45, 7) is 2.82. The molecule has 0 atom stereocenters. The first kappa shape index (κ1) is 11.0. The first-order valence-corrected chi connectivity index (χ1v) is 5.19. The molecule has 0 amide bonds. The molecule has 14 heavy (non-hydrogen) atoms. The number of nitrogens with one attached hydrogen (secondary N) is 2. The Morgan fingerprint density at radius 1 is 0.929 bits per heavy atom. The van der Waals surface area contributed by atoms with Crippen LogP contribution in [0.1, 0.15) is 19.3 Å². The summed E-state index contributed by atoms with van der Waals surface area (Å²) >= 11 is 1.10. The second kappa shape index (κ2) is 13.5. The molecule has 0 fully saturated rings. The van der Waals surface area contributed by atoms with Gasteiger partial charge in [-0.2, -0.15) is 11.0 Å². The second-order valence-electron chi connectivity index (χ2n) is 2.63. The molecule has 0 bridgehead atoms. The van der Waals surface area contributed by atoms with Crippen molar-refractivity contribution in [3.8, 4) is 0 Å². The van der Waals surface area contributed by atoms with Gasteiger partial charge in [-0.05, 0) is 44.9 Å². The molecular formula is C7H18N2O3S2. The molecule has 0 heterocycles. The van der Waals surface area contributed by atoms with Gasteiger partial charge >= 0.3 is 0 Å². The lowest BCUT2D eigenvalue weighted by molar-refractivity contribution is 0.117. The van der Waals surface area contributed by atoms with Crippen LogP contribution < -0.4 is 11.0 Å². The Labute approximate surface area is 98.2 Å². The van der Waals surface area contributed by atoms with Gasteiger partial charge < -0.3 is 4.74 Å². The minimum absolute atomic E-state index is 0.547. The topological polar surface area (TPSA) is 51.8 Å². The fourth-order valence-electron chi connectivity index (χ4n) is 0.833. The van der Waals surface area contributed by atoms with Crippen LogP contribution in [0.25, 0.3) is 0 Å². The molecule has 0 aromatic carbocycles. The molecule has 0 saturated carbocycles. The van der Waals surface area contributed by atoms with E-state index in [2.05, 4.69) is 19.5 Å². The number of hydrogen-bond donors (Lipinski definition) is 4. The molecule has 5 nitrogen and oxygen atoms in total. The Morgan fingerprint density at radius 2 is 1.57 bits per heavy atom. The molecule has 0 saturated heterocycles. The third kappa shape index (κ3) is 12.5. The average molecular weight is 246 g/mol. The molecular weight excluding hydrogens is 224 g/mol. The number of ether oxygens (including phenoxy) is 1. The van der Waals surface area contributed by atoms with E-state index in [9.17, 15) is 0 Å². The molecule has 0 aliphatic heterocycles. The highest BCUT2D eigenvalue weighted by atomic mass is 32.1. The maximum Gasteiger partial charge on any atom is 0.137 e. The molecule has 2 N–H and O–H groups in total. The Balaban J connectivity index is 2.83. The highest BCUT2D eigenvalue weighted by Gasteiger charge is 1.90. The lowest BCUT2D eigenvalue weighted by Gasteiger charge is -2.04. The second-order valence-corrected chi connectivity index (χ2v) is 2.96. The highest BCUT2D eigenvalue weighted by Crippen LogP contribution is 1.90. The smallest absolute Gasteiger partial charge is 0.137 e. The van der Waals surface area contributed by atoms with Gasteiger partial charge in [0.05, 0.1) is 0 Å². The zero-order chi connectivity index (χ0) is 11.9. The van der Waals surface area contributed by atoms with Crippen molar-refractivity contribution < 1.29 is 13.3 Å². The van der Waals surface area contributed by atoms with Gasteiger partial charge in [0.25, 0.3) is 0 Å². The largest absolute Gasteiger partial charge is 0.381 e. The SMILES string of the molecule is [3H]SONCCCCOCCCNOS[3H]. The van der Waals surface area contributed by atoms with Gasteiger partial charge in [0.1, 0.15) is 2.25 Å². The standard InChI is InChI=1S/C7H18N2O3S2/c13-11-8-4-1-2-6-10-7-3-5-9-12-14/h8-9,13-14H,1-7H2/i/hT2. The van der Waals surface area contributed by atoms with E-state index in [1.165, 1.54) is 0 Å². The van der Waals surface area contributed by atoms with E-state index < -0.39 is 0 Å². The summed E-state index contributed by atoms with van der Waals surface area (Å²) in [5, 5.41) is 0. The predicted molar refractivity (Wildman–Crippen MR) is 60.8 cm³/mol. The van der Waals surface area contributed by atoms with Gasteiger partial charge in [0.2, 0.25) is 0 Å². The average Bonchev–Trinajstić information content (AvgIpc) is 2.31. The minimum atomic E-state index is 0.547. The van der Waals surface area contributed by atoms with Crippen molar-refractivity contribution in [2.75, 3.05) is 26.3 Å². The van der Waals surface area contributed by atoms with E-state index in [1.807, 2.05) is 0 Å². The highest BCUT2D eigenvalue weighted by molar-refractivity contribution is 7.75. The molecule has 0 aliphatic rings.